The number of carbonyl (C=O) groups is 4. The third-order valence-corrected chi connectivity index (χ3v) is 11.5. The molecule has 1 N–H and O–H groups in total. The number of imide groups is 2. The van der Waals surface area contributed by atoms with Crippen LogP contribution in [0.15, 0.2) is 60.7 Å². The molecule has 2 aliphatic heterocycles. The van der Waals surface area contributed by atoms with Crippen molar-refractivity contribution in [2.45, 2.75) is 28.5 Å². The van der Waals surface area contributed by atoms with Crippen molar-refractivity contribution in [3.63, 3.8) is 0 Å². The van der Waals surface area contributed by atoms with Gasteiger partial charge in [0.2, 0.25) is 17.6 Å². The van der Waals surface area contributed by atoms with E-state index >= 15 is 8.78 Å². The number of ether oxygens (including phenoxy) is 1. The van der Waals surface area contributed by atoms with Gasteiger partial charge in [-0.2, -0.15) is 0 Å². The molecule has 3 fully saturated rings. The van der Waals surface area contributed by atoms with Gasteiger partial charge in [0.1, 0.15) is 17.2 Å². The molecule has 0 aromatic heterocycles. The van der Waals surface area contributed by atoms with Gasteiger partial charge in [0.25, 0.3) is 11.8 Å². The van der Waals surface area contributed by atoms with Gasteiger partial charge in [0, 0.05) is 17.5 Å². The van der Waals surface area contributed by atoms with Crippen LogP contribution in [-0.2, 0) is 19.2 Å². The highest BCUT2D eigenvalue weighted by atomic mass is 35.5. The van der Waals surface area contributed by atoms with Gasteiger partial charge in [0.05, 0.1) is 24.6 Å². The molecule has 0 unspecified atom stereocenters. The van der Waals surface area contributed by atoms with Crippen molar-refractivity contribution in [2.75, 3.05) is 16.9 Å². The average molecular weight is 733 g/mol. The number of allylic oxidation sites excluding steroid dienone is 2. The average Bonchev–Trinajstić information content (AvgIpc) is 3.44. The van der Waals surface area contributed by atoms with Crippen LogP contribution in [0.25, 0.3) is 6.08 Å². The lowest BCUT2D eigenvalue weighted by atomic mass is 9.56. The van der Waals surface area contributed by atoms with Gasteiger partial charge in [-0.05, 0) is 42.5 Å². The van der Waals surface area contributed by atoms with Crippen LogP contribution in [0.5, 0.6) is 11.5 Å². The summed E-state index contributed by atoms with van der Waals surface area (Å²) >= 11 is 14.3. The first-order valence-electron chi connectivity index (χ1n) is 15.1. The Kier molecular flexibility index (Phi) is 7.68. The maximum atomic E-state index is 15.2. The zero-order valence-electron chi connectivity index (χ0n) is 25.7. The van der Waals surface area contributed by atoms with Crippen LogP contribution < -0.4 is 14.5 Å². The number of anilines is 2. The highest BCUT2D eigenvalue weighted by Gasteiger charge is 2.77. The normalized spacial score (nSPS) is 28.8. The maximum absolute atomic E-state index is 15.2. The van der Waals surface area contributed by atoms with E-state index in [4.69, 9.17) is 27.9 Å². The number of methoxy groups -OCH3 is 1. The number of halogens is 7. The molecule has 4 amide bonds. The van der Waals surface area contributed by atoms with Crippen LogP contribution in [0.4, 0.5) is 33.3 Å². The fourth-order valence-electron chi connectivity index (χ4n) is 7.86. The minimum atomic E-state index is -2.73. The molecule has 50 heavy (non-hydrogen) atoms. The minimum absolute atomic E-state index is 0.0359. The molecule has 0 radical (unpaired) electrons. The Bertz CT molecular complexity index is 2080. The first-order chi connectivity index (χ1) is 23.6. The molecule has 15 heteroatoms. The second-order valence-corrected chi connectivity index (χ2v) is 13.7. The van der Waals surface area contributed by atoms with Gasteiger partial charge in [-0.25, -0.2) is 26.9 Å². The van der Waals surface area contributed by atoms with Gasteiger partial charge in [-0.15, -0.1) is 23.2 Å². The fourth-order valence-corrected chi connectivity index (χ4v) is 8.79. The highest BCUT2D eigenvalue weighted by Crippen LogP contribution is 2.67. The molecule has 0 spiro atoms. The number of nitrogens with zero attached hydrogens (tertiary/aromatic N) is 2. The van der Waals surface area contributed by atoms with Gasteiger partial charge in [0.15, 0.2) is 33.0 Å². The molecule has 6 atom stereocenters. The van der Waals surface area contributed by atoms with Crippen molar-refractivity contribution in [1.82, 2.24) is 0 Å². The topological polar surface area (TPSA) is 104 Å². The van der Waals surface area contributed by atoms with E-state index in [9.17, 15) is 37.5 Å². The molecule has 7 rings (SSSR count). The Morgan fingerprint density at radius 2 is 1.48 bits per heavy atom. The van der Waals surface area contributed by atoms with Crippen LogP contribution in [0.2, 0.25) is 0 Å². The van der Waals surface area contributed by atoms with E-state index in [1.165, 1.54) is 19.2 Å². The SMILES string of the molecule is C=Cc1ccc(N2C(=O)[C@H]3[C@H](CC=C4[C@H]3C[C@@]3(Cl)C(=O)N(c5c(F)c(F)c(F)c(F)c5F)C(=O)[C@@]3(Cl)[C@H]4c3ccc(O)cc3OC)C2=O)cc1. The van der Waals surface area contributed by atoms with Crippen molar-refractivity contribution in [1.29, 1.82) is 0 Å². The number of rotatable bonds is 5. The maximum Gasteiger partial charge on any atom is 0.258 e. The van der Waals surface area contributed by atoms with Gasteiger partial charge in [-0.1, -0.05) is 42.5 Å². The van der Waals surface area contributed by atoms with Crippen LogP contribution >= 0.6 is 23.2 Å². The number of phenolic OH excluding ortho intramolecular Hbond substituents is 1. The summed E-state index contributed by atoms with van der Waals surface area (Å²) in [5.74, 6) is -21.9. The Morgan fingerprint density at radius 3 is 2.08 bits per heavy atom. The second kappa shape index (κ2) is 11.4. The predicted octanol–water partition coefficient (Wildman–Crippen LogP) is 6.51. The van der Waals surface area contributed by atoms with Crippen molar-refractivity contribution >= 4 is 64.3 Å². The molecule has 2 saturated heterocycles. The van der Waals surface area contributed by atoms with Crippen molar-refractivity contribution < 1.29 is 51.0 Å². The van der Waals surface area contributed by atoms with Gasteiger partial charge in [-0.3, -0.25) is 24.1 Å². The fraction of sp³-hybridized carbons (Fsp3) is 0.257. The lowest BCUT2D eigenvalue weighted by Gasteiger charge is -2.50. The molecular formula is C35H23Cl2F5N2O6. The number of aromatic hydroxyl groups is 1. The van der Waals surface area contributed by atoms with E-state index in [1.54, 1.807) is 36.4 Å². The molecule has 4 aliphatic rings. The summed E-state index contributed by atoms with van der Waals surface area (Å²) in [5, 5.41) is 10.2. The molecule has 1 saturated carbocycles. The zero-order valence-corrected chi connectivity index (χ0v) is 27.2. The lowest BCUT2D eigenvalue weighted by Crippen LogP contribution is -2.60. The third kappa shape index (κ3) is 4.22. The quantitative estimate of drug-likeness (QED) is 0.0802. The van der Waals surface area contributed by atoms with Crippen LogP contribution in [0.3, 0.4) is 0 Å². The third-order valence-electron chi connectivity index (χ3n) is 10.1. The number of carbonyl (C=O) groups excluding carboxylic acids is 4. The zero-order chi connectivity index (χ0) is 36.2. The summed E-state index contributed by atoms with van der Waals surface area (Å²) in [7, 11) is 1.22. The van der Waals surface area contributed by atoms with E-state index < -0.39 is 98.2 Å². The molecule has 2 heterocycles. The number of alkyl halides is 2. The molecule has 0 bridgehead atoms. The standard InChI is InChI=1S/C35H23Cl2F5N2O6/c1-3-14-4-6-15(7-5-14)43-30(46)19-11-10-17-20(22(19)31(43)47)13-34(36)32(48)44(29-27(41)25(39)24(38)26(40)28(29)42)33(49)35(34,37)23(17)18-9-8-16(45)12-21(18)50-2/h3-10,12,19-20,22-23,45H,1,11,13H2,2H3/t19-,20+,22-,23+,34+,35-/m0/s1. The van der Waals surface area contributed by atoms with Crippen molar-refractivity contribution in [3.8, 4) is 11.5 Å². The summed E-state index contributed by atoms with van der Waals surface area (Å²) in [6, 6.07) is 10.1. The molecule has 3 aromatic rings. The number of benzene rings is 3. The summed E-state index contributed by atoms with van der Waals surface area (Å²) < 4.78 is 78.8. The Hall–Kier alpha value is -4.75. The Morgan fingerprint density at radius 1 is 0.860 bits per heavy atom. The Balaban J connectivity index is 1.44. The number of amides is 4. The van der Waals surface area contributed by atoms with E-state index in [0.717, 1.165) is 16.5 Å². The molecule has 258 valence electrons. The summed E-state index contributed by atoms with van der Waals surface area (Å²) in [4.78, 5) is 52.1. The molecule has 3 aromatic carbocycles. The predicted molar refractivity (Wildman–Crippen MR) is 170 cm³/mol. The number of hydrogen-bond donors (Lipinski definition) is 1. The largest absolute Gasteiger partial charge is 0.508 e. The minimum Gasteiger partial charge on any atom is -0.508 e. The van der Waals surface area contributed by atoms with Gasteiger partial charge < -0.3 is 9.84 Å². The van der Waals surface area contributed by atoms with Gasteiger partial charge >= 0.3 is 0 Å². The van der Waals surface area contributed by atoms with Crippen molar-refractivity contribution in [3.05, 3.63) is 101 Å². The van der Waals surface area contributed by atoms with E-state index in [-0.39, 0.29) is 39.6 Å². The highest BCUT2D eigenvalue weighted by molar-refractivity contribution is 6.58. The summed E-state index contributed by atoms with van der Waals surface area (Å²) in [6.45, 7) is 3.69. The van der Waals surface area contributed by atoms with Crippen LogP contribution in [0, 0.1) is 46.8 Å². The van der Waals surface area contributed by atoms with E-state index in [2.05, 4.69) is 6.58 Å². The lowest BCUT2D eigenvalue weighted by molar-refractivity contribution is -0.125. The van der Waals surface area contributed by atoms with Crippen molar-refractivity contribution in [2.24, 2.45) is 17.8 Å². The number of fused-ring (bicyclic) bond motifs is 4. The Labute approximate surface area is 290 Å². The molecular weight excluding hydrogens is 710 g/mol. The summed E-state index contributed by atoms with van der Waals surface area (Å²) in [6.07, 6.45) is 2.45. The molecule has 2 aliphatic carbocycles. The monoisotopic (exact) mass is 732 g/mol. The van der Waals surface area contributed by atoms with E-state index in [1.807, 2.05) is 0 Å². The molecule has 8 nitrogen and oxygen atoms in total. The van der Waals surface area contributed by atoms with E-state index in [0.29, 0.717) is 0 Å². The summed E-state index contributed by atoms with van der Waals surface area (Å²) in [5.41, 5.74) is -0.623. The first-order valence-corrected chi connectivity index (χ1v) is 15.8. The van der Waals surface area contributed by atoms with Crippen LogP contribution in [0.1, 0.15) is 29.9 Å². The number of hydrogen-bond acceptors (Lipinski definition) is 6. The second-order valence-electron chi connectivity index (χ2n) is 12.4. The van der Waals surface area contributed by atoms with Crippen LogP contribution in [-0.4, -0.2) is 45.6 Å². The first kappa shape index (κ1) is 33.7. The number of phenols is 1. The smallest absolute Gasteiger partial charge is 0.258 e.